The van der Waals surface area contributed by atoms with Crippen molar-refractivity contribution >= 4 is 40.7 Å². The molecule has 2 unspecified atom stereocenters. The number of benzene rings is 1. The molecule has 2 aromatic rings. The molecule has 12 heteroatoms. The van der Waals surface area contributed by atoms with Crippen LogP contribution in [0.15, 0.2) is 42.1 Å². The van der Waals surface area contributed by atoms with Crippen LogP contribution < -0.4 is 10.6 Å². The Hall–Kier alpha value is -4.35. The van der Waals surface area contributed by atoms with E-state index in [2.05, 4.69) is 10.6 Å². The lowest BCUT2D eigenvalue weighted by atomic mass is 9.76. The molecule has 1 heterocycles. The summed E-state index contributed by atoms with van der Waals surface area (Å²) in [5, 5.41) is 6.42. The topological polar surface area (TPSA) is 139 Å². The highest BCUT2D eigenvalue weighted by atomic mass is 16.6. The van der Waals surface area contributed by atoms with Crippen LogP contribution in [0.4, 0.5) is 4.79 Å². The Morgan fingerprint density at radius 1 is 0.979 bits per heavy atom. The number of rotatable bonds is 12. The number of aromatic nitrogens is 1. The van der Waals surface area contributed by atoms with Gasteiger partial charge in [0.15, 0.2) is 0 Å². The van der Waals surface area contributed by atoms with Gasteiger partial charge in [0.25, 0.3) is 0 Å². The molecule has 0 aliphatic heterocycles. The molecule has 266 valence electrons. The maximum atomic E-state index is 14.5. The van der Waals surface area contributed by atoms with E-state index in [0.29, 0.717) is 5.57 Å². The third kappa shape index (κ3) is 10.1. The number of likely N-dealkylation sites (N-methyl/N-ethyl adjacent to an activating group) is 2. The second-order valence-electron chi connectivity index (χ2n) is 14.8. The molecule has 2 rings (SSSR count). The number of carbonyl (C=O) groups excluding carboxylic acids is 5. The maximum absolute atomic E-state index is 14.5. The Morgan fingerprint density at radius 2 is 1.58 bits per heavy atom. The Kier molecular flexibility index (Phi) is 13.0. The summed E-state index contributed by atoms with van der Waals surface area (Å²) in [6, 6.07) is 5.78. The van der Waals surface area contributed by atoms with Gasteiger partial charge < -0.3 is 29.6 Å². The fourth-order valence-electron chi connectivity index (χ4n) is 5.48. The van der Waals surface area contributed by atoms with Gasteiger partial charge in [-0.25, -0.2) is 4.79 Å². The summed E-state index contributed by atoms with van der Waals surface area (Å²) in [6.07, 6.45) is 2.86. The SMILES string of the molecule is CCOC(=O)CNC(=O)/C(C)=C/CN(C)C(=O)C(NC(=O)C(N(C)C(=O)OC(C)(C)C)C(C)(C)c1cn(C)c2ccccc12)C(C)(C)C. The summed E-state index contributed by atoms with van der Waals surface area (Å²) < 4.78 is 12.5. The number of esters is 1. The Balaban J connectivity index is 2.45. The van der Waals surface area contributed by atoms with Crippen molar-refractivity contribution in [3.8, 4) is 0 Å². The van der Waals surface area contributed by atoms with Gasteiger partial charge in [-0.2, -0.15) is 0 Å². The van der Waals surface area contributed by atoms with Crippen molar-refractivity contribution in [2.75, 3.05) is 33.8 Å². The van der Waals surface area contributed by atoms with Crippen molar-refractivity contribution < 1.29 is 33.4 Å². The summed E-state index contributed by atoms with van der Waals surface area (Å²) in [5.74, 6) is -1.91. The first-order valence-electron chi connectivity index (χ1n) is 16.2. The molecule has 1 aromatic carbocycles. The van der Waals surface area contributed by atoms with Crippen molar-refractivity contribution in [2.24, 2.45) is 12.5 Å². The fraction of sp³-hybridized carbons (Fsp3) is 0.583. The van der Waals surface area contributed by atoms with E-state index in [9.17, 15) is 24.0 Å². The third-order valence-corrected chi connectivity index (χ3v) is 8.10. The molecule has 4 amide bonds. The van der Waals surface area contributed by atoms with E-state index in [1.54, 1.807) is 47.7 Å². The van der Waals surface area contributed by atoms with E-state index >= 15 is 0 Å². The summed E-state index contributed by atoms with van der Waals surface area (Å²) in [5.41, 5.74) is -0.328. The second-order valence-corrected chi connectivity index (χ2v) is 14.8. The van der Waals surface area contributed by atoms with Crippen LogP contribution in [0.2, 0.25) is 0 Å². The largest absolute Gasteiger partial charge is 0.465 e. The van der Waals surface area contributed by atoms with Crippen molar-refractivity contribution in [1.82, 2.24) is 25.0 Å². The van der Waals surface area contributed by atoms with Gasteiger partial charge in [0.1, 0.15) is 24.2 Å². The minimum atomic E-state index is -1.08. The molecule has 0 spiro atoms. The summed E-state index contributed by atoms with van der Waals surface area (Å²) in [4.78, 5) is 68.7. The zero-order valence-corrected chi connectivity index (χ0v) is 30.9. The molecule has 0 aliphatic rings. The first-order chi connectivity index (χ1) is 22.0. The van der Waals surface area contributed by atoms with E-state index in [-0.39, 0.29) is 25.6 Å². The summed E-state index contributed by atoms with van der Waals surface area (Å²) in [7, 11) is 5.04. The monoisotopic (exact) mass is 669 g/mol. The van der Waals surface area contributed by atoms with Gasteiger partial charge in [-0.3, -0.25) is 24.1 Å². The normalized spacial score (nSPS) is 13.7. The van der Waals surface area contributed by atoms with Gasteiger partial charge in [-0.05, 0) is 51.7 Å². The zero-order chi connectivity index (χ0) is 36.8. The van der Waals surface area contributed by atoms with Gasteiger partial charge in [0.05, 0.1) is 6.61 Å². The van der Waals surface area contributed by atoms with E-state index < -0.39 is 52.4 Å². The number of ether oxygens (including phenoxy) is 2. The molecule has 0 saturated heterocycles. The van der Waals surface area contributed by atoms with Crippen LogP contribution >= 0.6 is 0 Å². The maximum Gasteiger partial charge on any atom is 0.410 e. The molecule has 48 heavy (non-hydrogen) atoms. The molecule has 2 atom stereocenters. The molecule has 0 bridgehead atoms. The number of carbonyl (C=O) groups is 5. The quantitative estimate of drug-likeness (QED) is 0.254. The lowest BCUT2D eigenvalue weighted by Crippen LogP contribution is -2.62. The lowest BCUT2D eigenvalue weighted by Gasteiger charge is -2.41. The molecular formula is C36H55N5O7. The molecule has 1 aromatic heterocycles. The Bertz CT molecular complexity index is 1530. The number of amides is 4. The summed E-state index contributed by atoms with van der Waals surface area (Å²) in [6.45, 7) is 17.9. The standard InChI is InChI=1S/C36H55N5O7/c1-14-47-27(42)21-37-30(43)23(2)19-20-39(11)32(45)28(34(3,4)5)38-31(44)29(41(13)33(46)48-35(6,7)8)36(9,10)25-22-40(12)26-18-16-15-17-24(25)26/h15-19,22,28-29H,14,20-21H2,1-13H3,(H,37,43)(H,38,44)/b23-19+. The Labute approximate surface area is 285 Å². The predicted molar refractivity (Wildman–Crippen MR) is 186 cm³/mol. The average Bonchev–Trinajstić information content (AvgIpc) is 3.32. The van der Waals surface area contributed by atoms with Crippen LogP contribution in [0.25, 0.3) is 10.9 Å². The van der Waals surface area contributed by atoms with Crippen LogP contribution in [0, 0.1) is 5.41 Å². The van der Waals surface area contributed by atoms with Crippen LogP contribution in [0.1, 0.15) is 74.8 Å². The first kappa shape index (κ1) is 39.8. The summed E-state index contributed by atoms with van der Waals surface area (Å²) >= 11 is 0. The van der Waals surface area contributed by atoms with Crippen LogP contribution in [-0.4, -0.2) is 95.6 Å². The van der Waals surface area contributed by atoms with Crippen LogP contribution in [-0.2, 0) is 41.1 Å². The average molecular weight is 670 g/mol. The molecular weight excluding hydrogens is 614 g/mol. The van der Waals surface area contributed by atoms with Crippen LogP contribution in [0.5, 0.6) is 0 Å². The first-order valence-corrected chi connectivity index (χ1v) is 16.2. The van der Waals surface area contributed by atoms with Crippen LogP contribution in [0.3, 0.4) is 0 Å². The molecule has 2 N–H and O–H groups in total. The predicted octanol–water partition coefficient (Wildman–Crippen LogP) is 4.31. The van der Waals surface area contributed by atoms with Gasteiger partial charge in [-0.1, -0.05) is 58.9 Å². The zero-order valence-electron chi connectivity index (χ0n) is 30.9. The minimum absolute atomic E-state index is 0.0721. The molecule has 0 radical (unpaired) electrons. The van der Waals surface area contributed by atoms with Crippen molar-refractivity contribution in [3.05, 3.63) is 47.7 Å². The van der Waals surface area contributed by atoms with E-state index in [4.69, 9.17) is 9.47 Å². The van der Waals surface area contributed by atoms with E-state index in [1.807, 2.05) is 76.7 Å². The Morgan fingerprint density at radius 3 is 2.15 bits per heavy atom. The third-order valence-electron chi connectivity index (χ3n) is 8.10. The second kappa shape index (κ2) is 15.7. The molecule has 0 fully saturated rings. The number of hydrogen-bond acceptors (Lipinski definition) is 7. The fourth-order valence-corrected chi connectivity index (χ4v) is 5.48. The highest BCUT2D eigenvalue weighted by Crippen LogP contribution is 2.37. The highest BCUT2D eigenvalue weighted by molar-refractivity contribution is 5.96. The number of nitrogens with one attached hydrogen (secondary N) is 2. The number of nitrogens with zero attached hydrogens (tertiary/aromatic N) is 3. The highest BCUT2D eigenvalue weighted by Gasteiger charge is 2.46. The van der Waals surface area contributed by atoms with Gasteiger partial charge in [-0.15, -0.1) is 0 Å². The number of para-hydroxylation sites is 1. The van der Waals surface area contributed by atoms with Crippen molar-refractivity contribution in [2.45, 2.75) is 92.3 Å². The molecule has 0 saturated carbocycles. The molecule has 0 aliphatic carbocycles. The number of hydrogen-bond donors (Lipinski definition) is 2. The smallest absolute Gasteiger partial charge is 0.410 e. The molecule has 12 nitrogen and oxygen atoms in total. The number of aryl methyl sites for hydroxylation is 1. The number of fused-ring (bicyclic) bond motifs is 1. The van der Waals surface area contributed by atoms with Gasteiger partial charge >= 0.3 is 12.1 Å². The van der Waals surface area contributed by atoms with E-state index in [0.717, 1.165) is 16.5 Å². The van der Waals surface area contributed by atoms with Gasteiger partial charge in [0.2, 0.25) is 17.7 Å². The lowest BCUT2D eigenvalue weighted by molar-refractivity contribution is -0.143. The van der Waals surface area contributed by atoms with E-state index in [1.165, 1.54) is 16.8 Å². The van der Waals surface area contributed by atoms with Crippen molar-refractivity contribution in [3.63, 3.8) is 0 Å². The minimum Gasteiger partial charge on any atom is -0.465 e. The van der Waals surface area contributed by atoms with Gasteiger partial charge in [0, 0.05) is 55.8 Å². The van der Waals surface area contributed by atoms with Crippen molar-refractivity contribution in [1.29, 1.82) is 0 Å².